The van der Waals surface area contributed by atoms with Crippen LogP contribution in [0, 0.1) is 17.0 Å². The van der Waals surface area contributed by atoms with Gasteiger partial charge in [0, 0.05) is 18.2 Å². The van der Waals surface area contributed by atoms with Crippen molar-refractivity contribution in [3.05, 3.63) is 49.9 Å². The predicted octanol–water partition coefficient (Wildman–Crippen LogP) is 3.01. The molecule has 9 heteroatoms. The molecule has 0 aliphatic heterocycles. The van der Waals surface area contributed by atoms with Crippen LogP contribution in [0.25, 0.3) is 0 Å². The first-order valence-electron chi connectivity index (χ1n) is 5.51. The van der Waals surface area contributed by atoms with Gasteiger partial charge in [0.15, 0.2) is 11.0 Å². The number of nitrogens with one attached hydrogen (secondary N) is 1. The van der Waals surface area contributed by atoms with E-state index < -0.39 is 4.92 Å². The Balaban J connectivity index is 2.21. The number of hydrogen-bond acceptors (Lipinski definition) is 6. The molecular weight excluding hydrogens is 305 g/mol. The molecule has 0 atom stereocenters. The summed E-state index contributed by atoms with van der Waals surface area (Å²) < 4.78 is 0. The summed E-state index contributed by atoms with van der Waals surface area (Å²) in [7, 11) is 0. The van der Waals surface area contributed by atoms with E-state index in [1.165, 1.54) is 6.07 Å². The third-order valence-electron chi connectivity index (χ3n) is 2.68. The Bertz CT molecular complexity index is 665. The molecule has 1 aromatic carbocycles. The average molecular weight is 314 g/mol. The van der Waals surface area contributed by atoms with Crippen LogP contribution >= 0.6 is 23.2 Å². The van der Waals surface area contributed by atoms with E-state index in [-0.39, 0.29) is 21.9 Å². The van der Waals surface area contributed by atoms with E-state index in [2.05, 4.69) is 20.5 Å². The van der Waals surface area contributed by atoms with E-state index in [1.807, 2.05) is 0 Å². The van der Waals surface area contributed by atoms with Crippen LogP contribution in [0.3, 0.4) is 0 Å². The number of anilines is 1. The average Bonchev–Trinajstić information content (AvgIpc) is 2.41. The molecule has 1 heterocycles. The molecule has 1 aromatic heterocycles. The largest absolute Gasteiger partial charge is 0.363 e. The molecule has 2 rings (SSSR count). The molecule has 7 nitrogen and oxygen atoms in total. The van der Waals surface area contributed by atoms with Gasteiger partial charge < -0.3 is 5.32 Å². The van der Waals surface area contributed by atoms with Crippen LogP contribution in [0.15, 0.2) is 18.2 Å². The maximum Gasteiger partial charge on any atom is 0.272 e. The van der Waals surface area contributed by atoms with Crippen molar-refractivity contribution in [2.75, 3.05) is 5.32 Å². The third kappa shape index (κ3) is 3.12. The molecule has 0 fully saturated rings. The van der Waals surface area contributed by atoms with Crippen LogP contribution in [-0.2, 0) is 6.54 Å². The van der Waals surface area contributed by atoms with Crippen LogP contribution in [-0.4, -0.2) is 20.1 Å². The summed E-state index contributed by atoms with van der Waals surface area (Å²) in [6.07, 6.45) is 0. The van der Waals surface area contributed by atoms with Crippen LogP contribution < -0.4 is 5.32 Å². The number of nitro groups is 1. The van der Waals surface area contributed by atoms with E-state index in [0.717, 1.165) is 5.56 Å². The smallest absolute Gasteiger partial charge is 0.272 e. The number of hydrogen-bond donors (Lipinski definition) is 1. The zero-order valence-electron chi connectivity index (χ0n) is 10.3. The first-order chi connectivity index (χ1) is 9.49. The summed E-state index contributed by atoms with van der Waals surface area (Å²) in [5.74, 6) is 0.276. The highest BCUT2D eigenvalue weighted by atomic mass is 35.5. The normalized spacial score (nSPS) is 10.3. The lowest BCUT2D eigenvalue weighted by Gasteiger charge is -2.09. The summed E-state index contributed by atoms with van der Waals surface area (Å²) >= 11 is 11.4. The van der Waals surface area contributed by atoms with Crippen molar-refractivity contribution < 1.29 is 4.92 Å². The van der Waals surface area contributed by atoms with Gasteiger partial charge in [0.25, 0.3) is 5.69 Å². The highest BCUT2D eigenvalue weighted by Gasteiger charge is 2.13. The molecule has 0 saturated heterocycles. The molecular formula is C11H9Cl2N5O2. The number of nitro benzene ring substituents is 1. The Morgan fingerprint density at radius 1 is 1.35 bits per heavy atom. The number of halogens is 2. The predicted molar refractivity (Wildman–Crippen MR) is 75.0 cm³/mol. The van der Waals surface area contributed by atoms with Gasteiger partial charge in [-0.3, -0.25) is 10.1 Å². The van der Waals surface area contributed by atoms with Crippen molar-refractivity contribution in [3.8, 4) is 0 Å². The topological polar surface area (TPSA) is 93.8 Å². The lowest BCUT2D eigenvalue weighted by Crippen LogP contribution is -2.06. The maximum atomic E-state index is 10.9. The second-order valence-corrected chi connectivity index (χ2v) is 4.59. The van der Waals surface area contributed by atoms with Gasteiger partial charge in [-0.25, -0.2) is 0 Å². The summed E-state index contributed by atoms with van der Waals surface area (Å²) in [6, 6.07) is 4.85. The highest BCUT2D eigenvalue weighted by Crippen LogP contribution is 2.23. The molecule has 0 bridgehead atoms. The van der Waals surface area contributed by atoms with Crippen molar-refractivity contribution in [2.45, 2.75) is 13.5 Å². The molecule has 0 aliphatic carbocycles. The van der Waals surface area contributed by atoms with Crippen molar-refractivity contribution in [1.82, 2.24) is 15.2 Å². The van der Waals surface area contributed by atoms with E-state index in [1.54, 1.807) is 19.1 Å². The molecule has 0 spiro atoms. The Hall–Kier alpha value is -1.99. The van der Waals surface area contributed by atoms with Crippen molar-refractivity contribution in [1.29, 1.82) is 0 Å². The summed E-state index contributed by atoms with van der Waals surface area (Å²) in [4.78, 5) is 14.3. The molecule has 0 unspecified atom stereocenters. The fraction of sp³-hybridized carbons (Fsp3) is 0.182. The quantitative estimate of drug-likeness (QED) is 0.688. The number of benzene rings is 1. The zero-order chi connectivity index (χ0) is 14.7. The Morgan fingerprint density at radius 2 is 2.10 bits per heavy atom. The lowest BCUT2D eigenvalue weighted by atomic mass is 10.1. The van der Waals surface area contributed by atoms with Crippen LogP contribution in [0.2, 0.25) is 10.4 Å². The van der Waals surface area contributed by atoms with E-state index in [4.69, 9.17) is 23.2 Å². The van der Waals surface area contributed by atoms with Gasteiger partial charge in [0.2, 0.25) is 5.28 Å². The summed E-state index contributed by atoms with van der Waals surface area (Å²) in [5, 5.41) is 20.9. The fourth-order valence-corrected chi connectivity index (χ4v) is 1.91. The van der Waals surface area contributed by atoms with Crippen molar-refractivity contribution >= 4 is 34.7 Å². The van der Waals surface area contributed by atoms with Crippen molar-refractivity contribution in [3.63, 3.8) is 0 Å². The zero-order valence-corrected chi connectivity index (χ0v) is 11.8. The SMILES string of the molecule is Cc1c(CNc2nc(Cl)nnc2Cl)cccc1[N+](=O)[O-]. The fourth-order valence-electron chi connectivity index (χ4n) is 1.64. The van der Waals surface area contributed by atoms with E-state index in [9.17, 15) is 10.1 Å². The summed E-state index contributed by atoms with van der Waals surface area (Å²) in [6.45, 7) is 1.99. The van der Waals surface area contributed by atoms with Gasteiger partial charge in [0.05, 0.1) is 4.92 Å². The van der Waals surface area contributed by atoms with Gasteiger partial charge in [-0.15, -0.1) is 10.2 Å². The van der Waals surface area contributed by atoms with Gasteiger partial charge in [0.1, 0.15) is 0 Å². The Labute approximate surface area is 124 Å². The first-order valence-corrected chi connectivity index (χ1v) is 6.27. The van der Waals surface area contributed by atoms with Gasteiger partial charge in [-0.05, 0) is 24.1 Å². The van der Waals surface area contributed by atoms with Crippen LogP contribution in [0.5, 0.6) is 0 Å². The van der Waals surface area contributed by atoms with Gasteiger partial charge >= 0.3 is 0 Å². The molecule has 0 radical (unpaired) electrons. The molecule has 0 aliphatic rings. The lowest BCUT2D eigenvalue weighted by molar-refractivity contribution is -0.385. The van der Waals surface area contributed by atoms with E-state index in [0.29, 0.717) is 12.1 Å². The molecule has 0 saturated carbocycles. The molecule has 104 valence electrons. The maximum absolute atomic E-state index is 10.9. The monoisotopic (exact) mass is 313 g/mol. The molecule has 20 heavy (non-hydrogen) atoms. The van der Waals surface area contributed by atoms with Crippen LogP contribution in [0.1, 0.15) is 11.1 Å². The first kappa shape index (κ1) is 14.4. The number of rotatable bonds is 4. The standard InChI is InChI=1S/C11H9Cl2N5O2/c1-6-7(3-2-4-8(6)18(19)20)5-14-10-9(12)16-17-11(13)15-10/h2-4H,5H2,1H3,(H,14,15,17). The molecule has 2 aromatic rings. The Kier molecular flexibility index (Phi) is 4.31. The minimum absolute atomic E-state index is 0.0346. The minimum Gasteiger partial charge on any atom is -0.363 e. The number of nitrogens with zero attached hydrogens (tertiary/aromatic N) is 4. The molecule has 0 amide bonds. The molecule has 1 N–H and O–H groups in total. The van der Waals surface area contributed by atoms with Crippen LogP contribution in [0.4, 0.5) is 11.5 Å². The number of aromatic nitrogens is 3. The van der Waals surface area contributed by atoms with Gasteiger partial charge in [-0.1, -0.05) is 23.7 Å². The third-order valence-corrected chi connectivity index (χ3v) is 3.09. The van der Waals surface area contributed by atoms with Crippen molar-refractivity contribution in [2.24, 2.45) is 0 Å². The second kappa shape index (κ2) is 5.98. The highest BCUT2D eigenvalue weighted by molar-refractivity contribution is 6.32. The van der Waals surface area contributed by atoms with Gasteiger partial charge in [-0.2, -0.15) is 4.98 Å². The summed E-state index contributed by atoms with van der Waals surface area (Å²) in [5.41, 5.74) is 1.40. The second-order valence-electron chi connectivity index (χ2n) is 3.89. The Morgan fingerprint density at radius 3 is 2.80 bits per heavy atom. The van der Waals surface area contributed by atoms with E-state index >= 15 is 0 Å². The minimum atomic E-state index is -0.422.